The number of carbonyl (C=O) groups excluding carboxylic acids is 1. The predicted octanol–water partition coefficient (Wildman–Crippen LogP) is 2.76. The van der Waals surface area contributed by atoms with Gasteiger partial charge in [-0.3, -0.25) is 4.79 Å². The molecule has 0 spiro atoms. The molecule has 0 aliphatic rings. The molecule has 23 heavy (non-hydrogen) atoms. The van der Waals surface area contributed by atoms with Crippen LogP contribution in [0.1, 0.15) is 30.6 Å². The van der Waals surface area contributed by atoms with Crippen molar-refractivity contribution in [1.82, 2.24) is 10.2 Å². The first-order valence-corrected chi connectivity index (χ1v) is 7.50. The lowest BCUT2D eigenvalue weighted by molar-refractivity contribution is -0.0512. The zero-order valence-corrected chi connectivity index (χ0v) is 13.9. The van der Waals surface area contributed by atoms with Crippen LogP contribution < -0.4 is 14.8 Å². The van der Waals surface area contributed by atoms with Crippen molar-refractivity contribution in [3.05, 3.63) is 23.8 Å². The maximum Gasteiger partial charge on any atom is 0.387 e. The number of alkyl halides is 2. The topological polar surface area (TPSA) is 50.8 Å². The molecule has 0 heterocycles. The molecule has 1 N–H and O–H groups in total. The SMILES string of the molecule is CC[C@H](C)N(C)CCNC(=O)c1ccc(OC)c(OC(F)F)c1. The van der Waals surface area contributed by atoms with Gasteiger partial charge in [0, 0.05) is 24.7 Å². The van der Waals surface area contributed by atoms with E-state index >= 15 is 0 Å². The van der Waals surface area contributed by atoms with Gasteiger partial charge in [0.25, 0.3) is 5.91 Å². The Morgan fingerprint density at radius 3 is 2.61 bits per heavy atom. The van der Waals surface area contributed by atoms with Crippen LogP contribution in [0, 0.1) is 0 Å². The highest BCUT2D eigenvalue weighted by Gasteiger charge is 2.14. The number of halogens is 2. The number of amides is 1. The second-order valence-corrected chi connectivity index (χ2v) is 5.24. The monoisotopic (exact) mass is 330 g/mol. The molecule has 0 saturated heterocycles. The van der Waals surface area contributed by atoms with Gasteiger partial charge in [-0.05, 0) is 38.6 Å². The normalized spacial score (nSPS) is 12.3. The zero-order valence-electron chi connectivity index (χ0n) is 13.9. The fourth-order valence-corrected chi connectivity index (χ4v) is 1.99. The van der Waals surface area contributed by atoms with E-state index in [4.69, 9.17) is 4.74 Å². The fraction of sp³-hybridized carbons (Fsp3) is 0.562. The number of ether oxygens (including phenoxy) is 2. The van der Waals surface area contributed by atoms with Gasteiger partial charge in [-0.25, -0.2) is 0 Å². The van der Waals surface area contributed by atoms with Crippen molar-refractivity contribution in [3.63, 3.8) is 0 Å². The Morgan fingerprint density at radius 2 is 2.04 bits per heavy atom. The number of nitrogens with zero attached hydrogens (tertiary/aromatic N) is 1. The van der Waals surface area contributed by atoms with Gasteiger partial charge in [0.2, 0.25) is 0 Å². The van der Waals surface area contributed by atoms with Gasteiger partial charge in [0.1, 0.15) is 0 Å². The number of benzene rings is 1. The molecule has 1 aromatic rings. The predicted molar refractivity (Wildman–Crippen MR) is 84.3 cm³/mol. The van der Waals surface area contributed by atoms with Crippen LogP contribution >= 0.6 is 0 Å². The van der Waals surface area contributed by atoms with E-state index in [1.54, 1.807) is 0 Å². The summed E-state index contributed by atoms with van der Waals surface area (Å²) in [5, 5.41) is 2.76. The van der Waals surface area contributed by atoms with Gasteiger partial charge in [-0.15, -0.1) is 0 Å². The summed E-state index contributed by atoms with van der Waals surface area (Å²) in [7, 11) is 3.33. The molecule has 0 bridgehead atoms. The van der Waals surface area contributed by atoms with Gasteiger partial charge in [-0.1, -0.05) is 6.92 Å². The summed E-state index contributed by atoms with van der Waals surface area (Å²) in [5.41, 5.74) is 0.243. The number of methoxy groups -OCH3 is 1. The molecule has 0 aliphatic heterocycles. The third kappa shape index (κ3) is 6.02. The fourth-order valence-electron chi connectivity index (χ4n) is 1.99. The first-order chi connectivity index (χ1) is 10.9. The molecule has 0 fully saturated rings. The van der Waals surface area contributed by atoms with Gasteiger partial charge in [-0.2, -0.15) is 8.78 Å². The number of hydrogen-bond donors (Lipinski definition) is 1. The molecule has 7 heteroatoms. The van der Waals surface area contributed by atoms with Crippen LogP contribution in [0.5, 0.6) is 11.5 Å². The second-order valence-electron chi connectivity index (χ2n) is 5.24. The maximum atomic E-state index is 12.4. The summed E-state index contributed by atoms with van der Waals surface area (Å²) in [6, 6.07) is 4.61. The molecule has 1 aromatic carbocycles. The van der Waals surface area contributed by atoms with Crippen LogP contribution in [0.2, 0.25) is 0 Å². The van der Waals surface area contributed by atoms with Crippen molar-refractivity contribution >= 4 is 5.91 Å². The second kappa shape index (κ2) is 9.29. The van der Waals surface area contributed by atoms with Crippen LogP contribution in [0.25, 0.3) is 0 Å². The number of hydrogen-bond acceptors (Lipinski definition) is 4. The van der Waals surface area contributed by atoms with E-state index in [-0.39, 0.29) is 23.0 Å². The third-order valence-electron chi connectivity index (χ3n) is 3.74. The standard InChI is InChI=1S/C16H24F2N2O3/c1-5-11(2)20(3)9-8-19-15(21)12-6-7-13(22-4)14(10-12)23-16(17)18/h6-7,10-11,16H,5,8-9H2,1-4H3,(H,19,21)/t11-/m0/s1. The van der Waals surface area contributed by atoms with Gasteiger partial charge in [0.05, 0.1) is 7.11 Å². The quantitative estimate of drug-likeness (QED) is 0.756. The van der Waals surface area contributed by atoms with Gasteiger partial charge >= 0.3 is 6.61 Å². The van der Waals surface area contributed by atoms with Crippen molar-refractivity contribution in [2.45, 2.75) is 32.9 Å². The van der Waals surface area contributed by atoms with Gasteiger partial charge < -0.3 is 19.7 Å². The van der Waals surface area contributed by atoms with Crippen LogP contribution in [-0.2, 0) is 0 Å². The van der Waals surface area contributed by atoms with Crippen molar-refractivity contribution < 1.29 is 23.0 Å². The summed E-state index contributed by atoms with van der Waals surface area (Å²) < 4.78 is 34.1. The molecule has 0 unspecified atom stereocenters. The van der Waals surface area contributed by atoms with E-state index in [0.717, 1.165) is 6.42 Å². The average Bonchev–Trinajstić information content (AvgIpc) is 2.53. The van der Waals surface area contributed by atoms with Crippen molar-refractivity contribution in [2.24, 2.45) is 0 Å². The molecule has 0 saturated carbocycles. The Morgan fingerprint density at radius 1 is 1.35 bits per heavy atom. The highest BCUT2D eigenvalue weighted by Crippen LogP contribution is 2.29. The number of likely N-dealkylation sites (N-methyl/N-ethyl adjacent to an activating group) is 1. The van der Waals surface area contributed by atoms with E-state index in [9.17, 15) is 13.6 Å². The molecule has 1 rings (SSSR count). The van der Waals surface area contributed by atoms with E-state index in [2.05, 4.69) is 28.8 Å². The van der Waals surface area contributed by atoms with E-state index in [1.165, 1.54) is 25.3 Å². The Kier molecular flexibility index (Phi) is 7.74. The first kappa shape index (κ1) is 19.2. The van der Waals surface area contributed by atoms with Gasteiger partial charge in [0.15, 0.2) is 11.5 Å². The molecule has 130 valence electrons. The van der Waals surface area contributed by atoms with Crippen molar-refractivity contribution in [2.75, 3.05) is 27.2 Å². The van der Waals surface area contributed by atoms with Crippen molar-refractivity contribution in [1.29, 1.82) is 0 Å². The van der Waals surface area contributed by atoms with E-state index in [0.29, 0.717) is 19.1 Å². The van der Waals surface area contributed by atoms with Crippen LogP contribution in [0.4, 0.5) is 8.78 Å². The molecule has 1 amide bonds. The third-order valence-corrected chi connectivity index (χ3v) is 3.74. The Bertz CT molecular complexity index is 512. The zero-order chi connectivity index (χ0) is 17.4. The summed E-state index contributed by atoms with van der Waals surface area (Å²) in [6.07, 6.45) is 1.03. The highest BCUT2D eigenvalue weighted by atomic mass is 19.3. The molecular formula is C16H24F2N2O3. The summed E-state index contributed by atoms with van der Waals surface area (Å²) >= 11 is 0. The largest absolute Gasteiger partial charge is 0.493 e. The smallest absolute Gasteiger partial charge is 0.387 e. The first-order valence-electron chi connectivity index (χ1n) is 7.50. The number of carbonyl (C=O) groups is 1. The lowest BCUT2D eigenvalue weighted by Crippen LogP contribution is -2.37. The maximum absolute atomic E-state index is 12.4. The lowest BCUT2D eigenvalue weighted by atomic mass is 10.2. The Balaban J connectivity index is 2.65. The van der Waals surface area contributed by atoms with Crippen LogP contribution in [0.15, 0.2) is 18.2 Å². The van der Waals surface area contributed by atoms with Crippen LogP contribution in [0.3, 0.4) is 0 Å². The van der Waals surface area contributed by atoms with Crippen molar-refractivity contribution in [3.8, 4) is 11.5 Å². The summed E-state index contributed by atoms with van der Waals surface area (Å²) in [6.45, 7) is 2.40. The Labute approximate surface area is 135 Å². The summed E-state index contributed by atoms with van der Waals surface area (Å²) in [5.74, 6) is -0.352. The molecular weight excluding hydrogens is 306 g/mol. The molecule has 0 aromatic heterocycles. The number of nitrogens with one attached hydrogen (secondary N) is 1. The van der Waals surface area contributed by atoms with E-state index in [1.807, 2.05) is 7.05 Å². The summed E-state index contributed by atoms with van der Waals surface area (Å²) in [4.78, 5) is 14.2. The van der Waals surface area contributed by atoms with E-state index < -0.39 is 6.61 Å². The van der Waals surface area contributed by atoms with Crippen LogP contribution in [-0.4, -0.2) is 50.7 Å². The minimum Gasteiger partial charge on any atom is -0.493 e. The Hall–Kier alpha value is -1.89. The minimum atomic E-state index is -2.98. The molecule has 1 atom stereocenters. The lowest BCUT2D eigenvalue weighted by Gasteiger charge is -2.23. The molecule has 0 aliphatic carbocycles. The minimum absolute atomic E-state index is 0.151. The molecule has 5 nitrogen and oxygen atoms in total. The molecule has 0 radical (unpaired) electrons. The number of rotatable bonds is 9. The average molecular weight is 330 g/mol. The highest BCUT2D eigenvalue weighted by molar-refractivity contribution is 5.94.